The van der Waals surface area contributed by atoms with Crippen LogP contribution in [-0.4, -0.2) is 4.98 Å². The Labute approximate surface area is 152 Å². The lowest BCUT2D eigenvalue weighted by Crippen LogP contribution is -2.32. The third kappa shape index (κ3) is 2.84. The van der Waals surface area contributed by atoms with E-state index in [9.17, 15) is 0 Å². The van der Waals surface area contributed by atoms with Crippen molar-refractivity contribution in [3.05, 3.63) is 58.9 Å². The van der Waals surface area contributed by atoms with Crippen molar-refractivity contribution in [3.63, 3.8) is 0 Å². The molecule has 0 N–H and O–H groups in total. The molecular weight excluding hydrogens is 304 g/mol. The maximum atomic E-state index is 8.40. The number of hydrogen-bond donors (Lipinski definition) is 0. The maximum absolute atomic E-state index is 8.40. The van der Waals surface area contributed by atoms with E-state index in [-0.39, 0.29) is 0 Å². The van der Waals surface area contributed by atoms with Crippen LogP contribution < -0.4 is 4.57 Å². The molecule has 0 unspecified atom stereocenters. The zero-order valence-corrected chi connectivity index (χ0v) is 15.7. The van der Waals surface area contributed by atoms with E-state index in [1.54, 1.807) is 0 Å². The first-order valence-electron chi connectivity index (χ1n) is 9.84. The Balaban J connectivity index is 1.98. The normalized spacial score (nSPS) is 15.8. The first kappa shape index (κ1) is 15.1. The van der Waals surface area contributed by atoms with Crippen LogP contribution in [0.3, 0.4) is 0 Å². The zero-order chi connectivity index (χ0) is 18.4. The first-order valence-corrected chi connectivity index (χ1v) is 9.34. The molecule has 3 aromatic rings. The minimum Gasteiger partial charge on any atom is -0.232 e. The molecule has 2 nitrogen and oxygen atoms in total. The highest BCUT2D eigenvalue weighted by atomic mass is 15.0. The second-order valence-corrected chi connectivity index (χ2v) is 7.63. The molecule has 1 aliphatic carbocycles. The van der Waals surface area contributed by atoms with Crippen LogP contribution >= 0.6 is 0 Å². The number of aromatic nitrogens is 2. The third-order valence-corrected chi connectivity index (χ3v) is 5.83. The Morgan fingerprint density at radius 2 is 1.84 bits per heavy atom. The van der Waals surface area contributed by atoms with Crippen LogP contribution in [-0.2, 0) is 7.05 Å². The molecule has 0 radical (unpaired) electrons. The van der Waals surface area contributed by atoms with E-state index >= 15 is 0 Å². The summed E-state index contributed by atoms with van der Waals surface area (Å²) in [5.41, 5.74) is 8.46. The van der Waals surface area contributed by atoms with Gasteiger partial charge in [-0.25, -0.2) is 4.57 Å². The minimum absolute atomic E-state index is 0.314. The zero-order valence-electron chi connectivity index (χ0n) is 16.7. The molecule has 128 valence electrons. The first-order chi connectivity index (χ1) is 12.5. The van der Waals surface area contributed by atoms with Crippen molar-refractivity contribution in [3.8, 4) is 11.3 Å². The van der Waals surface area contributed by atoms with E-state index in [0.717, 1.165) is 16.6 Å². The molecule has 1 aromatic heterocycles. The maximum Gasteiger partial charge on any atom is 0.287 e. The second-order valence-electron chi connectivity index (χ2n) is 7.63. The summed E-state index contributed by atoms with van der Waals surface area (Å²) in [6.07, 6.45) is 5.54. The van der Waals surface area contributed by atoms with Crippen LogP contribution in [0.5, 0.6) is 0 Å². The molecule has 1 aliphatic rings. The molecule has 0 atom stereocenters. The Bertz CT molecular complexity index is 1000. The van der Waals surface area contributed by atoms with Crippen molar-refractivity contribution >= 4 is 10.9 Å². The lowest BCUT2D eigenvalue weighted by Gasteiger charge is -2.13. The van der Waals surface area contributed by atoms with Gasteiger partial charge in [0, 0.05) is 5.56 Å². The molecule has 1 fully saturated rings. The van der Waals surface area contributed by atoms with Gasteiger partial charge in [0.15, 0.2) is 6.89 Å². The van der Waals surface area contributed by atoms with Gasteiger partial charge in [0.1, 0.15) is 5.69 Å². The van der Waals surface area contributed by atoms with Gasteiger partial charge in [-0.05, 0) is 79.4 Å². The molecule has 25 heavy (non-hydrogen) atoms. The van der Waals surface area contributed by atoms with Gasteiger partial charge >= 0.3 is 0 Å². The Morgan fingerprint density at radius 1 is 1.08 bits per heavy atom. The van der Waals surface area contributed by atoms with E-state index in [1.165, 1.54) is 53.5 Å². The van der Waals surface area contributed by atoms with Crippen molar-refractivity contribution in [2.45, 2.75) is 52.4 Å². The number of fused-ring (bicyclic) bond motifs is 1. The van der Waals surface area contributed by atoms with Gasteiger partial charge in [-0.15, -0.1) is 0 Å². The summed E-state index contributed by atoms with van der Waals surface area (Å²) in [6.45, 7) is 6.47. The average molecular weight is 332 g/mol. The molecule has 2 heteroatoms. The molecular formula is C23H27N2+. The lowest BCUT2D eigenvalue weighted by atomic mass is 9.93. The number of benzene rings is 2. The van der Waals surface area contributed by atoms with E-state index < -0.39 is 0 Å². The van der Waals surface area contributed by atoms with Gasteiger partial charge in [0.05, 0.1) is 12.4 Å². The summed E-state index contributed by atoms with van der Waals surface area (Å²) in [5, 5.41) is 1.14. The van der Waals surface area contributed by atoms with Crippen LogP contribution in [0.1, 0.15) is 55.2 Å². The van der Waals surface area contributed by atoms with Crippen molar-refractivity contribution in [2.75, 3.05) is 0 Å². The fourth-order valence-electron chi connectivity index (χ4n) is 4.33. The van der Waals surface area contributed by atoms with Gasteiger partial charge in [-0.1, -0.05) is 30.5 Å². The highest BCUT2D eigenvalue weighted by molar-refractivity contribution is 5.92. The standard InChI is InChI=1S/C23H27N2/c1-15-11-16(2)17(3)21(12-15)23-20-10-9-19(18-7-5-6-8-18)13-22(20)24-14-25(23)4/h9-14,18H,5-8H2,1-4H3/q+1/i14D. The van der Waals surface area contributed by atoms with Crippen molar-refractivity contribution in [2.24, 2.45) is 7.05 Å². The summed E-state index contributed by atoms with van der Waals surface area (Å²) >= 11 is 0. The number of nitrogens with zero attached hydrogens (tertiary/aromatic N) is 2. The van der Waals surface area contributed by atoms with Crippen LogP contribution in [0.2, 0.25) is 0 Å². The van der Waals surface area contributed by atoms with E-state index in [1.807, 2.05) is 11.6 Å². The summed E-state index contributed by atoms with van der Waals surface area (Å²) in [5.74, 6) is 0.663. The van der Waals surface area contributed by atoms with Crippen LogP contribution in [0.4, 0.5) is 0 Å². The van der Waals surface area contributed by atoms with Gasteiger partial charge in [-0.2, -0.15) is 0 Å². The summed E-state index contributed by atoms with van der Waals surface area (Å²) in [6, 6.07) is 11.2. The van der Waals surface area contributed by atoms with Crippen LogP contribution in [0, 0.1) is 20.8 Å². The lowest BCUT2D eigenvalue weighted by molar-refractivity contribution is -0.662. The topological polar surface area (TPSA) is 16.8 Å². The number of aryl methyl sites for hydroxylation is 2. The molecule has 2 aromatic carbocycles. The van der Waals surface area contributed by atoms with Crippen molar-refractivity contribution in [1.29, 1.82) is 0 Å². The molecule has 1 heterocycles. The van der Waals surface area contributed by atoms with Gasteiger partial charge in [0.25, 0.3) is 6.30 Å². The summed E-state index contributed by atoms with van der Waals surface area (Å²) in [7, 11) is 1.95. The molecule has 4 rings (SSSR count). The van der Waals surface area contributed by atoms with Gasteiger partial charge in [0.2, 0.25) is 0 Å². The SMILES string of the molecule is [2H]c1nc2cc(C3CCCC3)ccc2c(-c2cc(C)cc(C)c2C)[n+]1C. The fraction of sp³-hybridized carbons (Fsp3) is 0.391. The highest BCUT2D eigenvalue weighted by Crippen LogP contribution is 2.36. The molecule has 0 bridgehead atoms. The second kappa shape index (κ2) is 6.25. The molecule has 0 spiro atoms. The minimum atomic E-state index is 0.314. The molecule has 0 amide bonds. The van der Waals surface area contributed by atoms with Crippen molar-refractivity contribution in [1.82, 2.24) is 4.98 Å². The predicted molar refractivity (Wildman–Crippen MR) is 104 cm³/mol. The molecule has 0 aliphatic heterocycles. The largest absolute Gasteiger partial charge is 0.287 e. The van der Waals surface area contributed by atoms with E-state index in [0.29, 0.717) is 12.2 Å². The predicted octanol–water partition coefficient (Wildman–Crippen LogP) is 5.31. The molecule has 1 saturated carbocycles. The quantitative estimate of drug-likeness (QED) is 0.581. The monoisotopic (exact) mass is 332 g/mol. The number of rotatable bonds is 2. The highest BCUT2D eigenvalue weighted by Gasteiger charge is 2.21. The molecule has 0 saturated heterocycles. The Kier molecular flexibility index (Phi) is 3.77. The van der Waals surface area contributed by atoms with E-state index in [4.69, 9.17) is 1.37 Å². The van der Waals surface area contributed by atoms with Crippen molar-refractivity contribution < 1.29 is 5.94 Å². The smallest absolute Gasteiger partial charge is 0.232 e. The van der Waals surface area contributed by atoms with Crippen LogP contribution in [0.25, 0.3) is 22.2 Å². The fourth-order valence-corrected chi connectivity index (χ4v) is 4.33. The van der Waals surface area contributed by atoms with Gasteiger partial charge < -0.3 is 0 Å². The van der Waals surface area contributed by atoms with E-state index in [2.05, 4.69) is 56.1 Å². The Morgan fingerprint density at radius 3 is 2.60 bits per heavy atom. The number of hydrogen-bond acceptors (Lipinski definition) is 1. The van der Waals surface area contributed by atoms with Crippen LogP contribution in [0.15, 0.2) is 36.6 Å². The summed E-state index contributed by atoms with van der Waals surface area (Å²) in [4.78, 5) is 4.60. The summed E-state index contributed by atoms with van der Waals surface area (Å²) < 4.78 is 10.3. The average Bonchev–Trinajstić information content (AvgIpc) is 3.14. The van der Waals surface area contributed by atoms with Gasteiger partial charge in [-0.3, -0.25) is 0 Å². The Hall–Kier alpha value is -2.22. The third-order valence-electron chi connectivity index (χ3n) is 5.83.